The Morgan fingerprint density at radius 2 is 2.26 bits per heavy atom. The Bertz CT molecular complexity index is 781. The molecule has 27 heavy (non-hydrogen) atoms. The third kappa shape index (κ3) is 4.32. The number of ether oxygens (including phenoxy) is 1. The van der Waals surface area contributed by atoms with Crippen LogP contribution in [0.25, 0.3) is 0 Å². The van der Waals surface area contributed by atoms with Crippen LogP contribution in [-0.2, 0) is 35.5 Å². The third-order valence-corrected chi connectivity index (χ3v) is 6.40. The van der Waals surface area contributed by atoms with Gasteiger partial charge in [-0.1, -0.05) is 6.92 Å². The van der Waals surface area contributed by atoms with Crippen LogP contribution in [0.3, 0.4) is 0 Å². The summed E-state index contributed by atoms with van der Waals surface area (Å²) in [5.74, 6) is 0.146. The smallest absolute Gasteiger partial charge is 0.223 e. The maximum absolute atomic E-state index is 12.6. The van der Waals surface area contributed by atoms with E-state index >= 15 is 0 Å². The fraction of sp³-hybridized carbons (Fsp3) is 0.632. The molecule has 8 heteroatoms. The average molecular weight is 390 g/mol. The number of carbonyl (C=O) groups is 1. The number of amides is 1. The van der Waals surface area contributed by atoms with Crippen LogP contribution >= 0.6 is 11.3 Å². The first-order valence-corrected chi connectivity index (χ1v) is 10.6. The van der Waals surface area contributed by atoms with Crippen molar-refractivity contribution in [1.29, 1.82) is 0 Å². The molecule has 1 fully saturated rings. The van der Waals surface area contributed by atoms with Crippen molar-refractivity contribution in [3.63, 3.8) is 0 Å². The molecule has 146 valence electrons. The number of hydrogen-bond acceptors (Lipinski definition) is 6. The summed E-state index contributed by atoms with van der Waals surface area (Å²) in [6.45, 7) is 6.93. The number of morpholine rings is 1. The predicted octanol–water partition coefficient (Wildman–Crippen LogP) is 2.01. The second kappa shape index (κ2) is 8.39. The van der Waals surface area contributed by atoms with E-state index in [1.54, 1.807) is 11.3 Å². The van der Waals surface area contributed by atoms with Crippen molar-refractivity contribution >= 4 is 22.4 Å². The number of aromatic nitrogens is 3. The minimum atomic E-state index is 0.0165. The maximum atomic E-state index is 12.6. The van der Waals surface area contributed by atoms with Crippen molar-refractivity contribution in [3.05, 3.63) is 28.5 Å². The van der Waals surface area contributed by atoms with Gasteiger partial charge in [0.1, 0.15) is 0 Å². The molecular formula is C19H27N5O2S. The highest BCUT2D eigenvalue weighted by atomic mass is 32.1. The lowest BCUT2D eigenvalue weighted by molar-refractivity contribution is -0.125. The lowest BCUT2D eigenvalue weighted by atomic mass is 9.90. The van der Waals surface area contributed by atoms with Gasteiger partial charge < -0.3 is 15.0 Å². The minimum Gasteiger partial charge on any atom is -0.378 e. The molecule has 0 aromatic carbocycles. The van der Waals surface area contributed by atoms with Crippen LogP contribution < -0.4 is 10.2 Å². The molecule has 0 bridgehead atoms. The molecule has 2 aromatic rings. The first kappa shape index (κ1) is 18.4. The van der Waals surface area contributed by atoms with Crippen LogP contribution in [0.2, 0.25) is 0 Å². The number of hydrogen-bond donors (Lipinski definition) is 1. The highest BCUT2D eigenvalue weighted by molar-refractivity contribution is 7.15. The Hall–Kier alpha value is -1.93. The van der Waals surface area contributed by atoms with Gasteiger partial charge in [0.15, 0.2) is 5.13 Å². The molecule has 1 atom stereocenters. The van der Waals surface area contributed by atoms with E-state index in [0.717, 1.165) is 74.9 Å². The van der Waals surface area contributed by atoms with Gasteiger partial charge in [-0.3, -0.25) is 9.48 Å². The summed E-state index contributed by atoms with van der Waals surface area (Å²) in [5.41, 5.74) is 2.17. The average Bonchev–Trinajstić information content (AvgIpc) is 3.33. The van der Waals surface area contributed by atoms with E-state index in [1.807, 2.05) is 17.1 Å². The normalized spacial score (nSPS) is 19.7. The van der Waals surface area contributed by atoms with Crippen molar-refractivity contribution in [2.24, 2.45) is 5.92 Å². The number of aryl methyl sites for hydroxylation is 2. The number of nitrogens with zero attached hydrogens (tertiary/aromatic N) is 4. The van der Waals surface area contributed by atoms with Crippen molar-refractivity contribution in [2.75, 3.05) is 31.2 Å². The van der Waals surface area contributed by atoms with Crippen LogP contribution in [0, 0.1) is 5.92 Å². The maximum Gasteiger partial charge on any atom is 0.223 e. The number of rotatable bonds is 6. The van der Waals surface area contributed by atoms with E-state index in [1.165, 1.54) is 4.88 Å². The van der Waals surface area contributed by atoms with Crippen molar-refractivity contribution in [2.45, 2.75) is 45.7 Å². The van der Waals surface area contributed by atoms with Crippen LogP contribution in [0.15, 0.2) is 12.4 Å². The van der Waals surface area contributed by atoms with E-state index < -0.39 is 0 Å². The Morgan fingerprint density at radius 3 is 3.07 bits per heavy atom. The molecule has 3 heterocycles. The van der Waals surface area contributed by atoms with Gasteiger partial charge in [-0.15, -0.1) is 11.3 Å². The van der Waals surface area contributed by atoms with E-state index in [0.29, 0.717) is 6.54 Å². The monoisotopic (exact) mass is 389 g/mol. The summed E-state index contributed by atoms with van der Waals surface area (Å²) in [4.78, 5) is 21.1. The van der Waals surface area contributed by atoms with E-state index in [9.17, 15) is 4.79 Å². The zero-order valence-electron chi connectivity index (χ0n) is 15.8. The summed E-state index contributed by atoms with van der Waals surface area (Å²) in [6.07, 6.45) is 7.50. The third-order valence-electron chi connectivity index (χ3n) is 5.19. The van der Waals surface area contributed by atoms with Crippen LogP contribution in [0.1, 0.15) is 35.9 Å². The number of anilines is 1. The largest absolute Gasteiger partial charge is 0.378 e. The summed E-state index contributed by atoms with van der Waals surface area (Å²) in [5, 5.41) is 8.49. The number of carbonyl (C=O) groups excluding carboxylic acids is 1. The number of fused-ring (bicyclic) bond motifs is 1. The predicted molar refractivity (Wildman–Crippen MR) is 105 cm³/mol. The van der Waals surface area contributed by atoms with Gasteiger partial charge >= 0.3 is 0 Å². The molecule has 4 rings (SSSR count). The Balaban J connectivity index is 1.32. The van der Waals surface area contributed by atoms with E-state index in [-0.39, 0.29) is 11.8 Å². The second-order valence-electron chi connectivity index (χ2n) is 7.23. The zero-order valence-corrected chi connectivity index (χ0v) is 16.6. The Labute approximate surface area is 163 Å². The molecule has 1 saturated heterocycles. The summed E-state index contributed by atoms with van der Waals surface area (Å²) in [7, 11) is 0. The Morgan fingerprint density at radius 1 is 1.41 bits per heavy atom. The summed E-state index contributed by atoms with van der Waals surface area (Å²) in [6, 6.07) is 0. The standard InChI is InChI=1S/C19H27N5O2S/c1-2-5-24-13-14(12-21-24)11-20-18(25)15-3-4-17-16(10-15)22-19(27-17)23-6-8-26-9-7-23/h12-13,15H,2-11H2,1H3,(H,20,25). The second-order valence-corrected chi connectivity index (χ2v) is 8.30. The molecule has 1 amide bonds. The highest BCUT2D eigenvalue weighted by Crippen LogP contribution is 2.34. The molecule has 0 spiro atoms. The fourth-order valence-corrected chi connectivity index (χ4v) is 4.82. The molecule has 7 nitrogen and oxygen atoms in total. The highest BCUT2D eigenvalue weighted by Gasteiger charge is 2.28. The number of thiazole rings is 1. The van der Waals surface area contributed by atoms with E-state index in [4.69, 9.17) is 9.72 Å². The van der Waals surface area contributed by atoms with Gasteiger partial charge in [0.05, 0.1) is 25.1 Å². The Kier molecular flexibility index (Phi) is 5.73. The number of nitrogens with one attached hydrogen (secondary N) is 1. The lowest BCUT2D eigenvalue weighted by Crippen LogP contribution is -2.36. The quantitative estimate of drug-likeness (QED) is 0.818. The van der Waals surface area contributed by atoms with Crippen molar-refractivity contribution in [3.8, 4) is 0 Å². The van der Waals surface area contributed by atoms with Gasteiger partial charge in [-0.05, 0) is 19.3 Å². The molecule has 0 saturated carbocycles. The zero-order chi connectivity index (χ0) is 18.6. The van der Waals surface area contributed by atoms with Gasteiger partial charge in [-0.2, -0.15) is 5.10 Å². The summed E-state index contributed by atoms with van der Waals surface area (Å²) >= 11 is 1.79. The molecule has 1 unspecified atom stereocenters. The van der Waals surface area contributed by atoms with Gasteiger partial charge in [0.2, 0.25) is 5.91 Å². The lowest BCUT2D eigenvalue weighted by Gasteiger charge is -2.26. The van der Waals surface area contributed by atoms with Crippen molar-refractivity contribution in [1.82, 2.24) is 20.1 Å². The van der Waals surface area contributed by atoms with Crippen LogP contribution in [-0.4, -0.2) is 47.0 Å². The first-order valence-electron chi connectivity index (χ1n) is 9.83. The van der Waals surface area contributed by atoms with Gasteiger partial charge in [0, 0.05) is 55.2 Å². The van der Waals surface area contributed by atoms with Gasteiger partial charge in [0.25, 0.3) is 0 Å². The molecule has 1 aliphatic carbocycles. The first-order chi connectivity index (χ1) is 13.2. The molecule has 2 aliphatic rings. The van der Waals surface area contributed by atoms with E-state index in [2.05, 4.69) is 22.2 Å². The molecule has 0 radical (unpaired) electrons. The topological polar surface area (TPSA) is 72.3 Å². The minimum absolute atomic E-state index is 0.0165. The van der Waals surface area contributed by atoms with Crippen LogP contribution in [0.5, 0.6) is 0 Å². The SMILES string of the molecule is CCCn1cc(CNC(=O)C2CCc3sc(N4CCOCC4)nc3C2)cn1. The molecule has 2 aromatic heterocycles. The molecule has 1 aliphatic heterocycles. The summed E-state index contributed by atoms with van der Waals surface area (Å²) < 4.78 is 7.35. The molecule has 1 N–H and O–H groups in total. The van der Waals surface area contributed by atoms with Crippen molar-refractivity contribution < 1.29 is 9.53 Å². The van der Waals surface area contributed by atoms with Gasteiger partial charge in [-0.25, -0.2) is 4.98 Å². The fourth-order valence-electron chi connectivity index (χ4n) is 3.66. The van der Waals surface area contributed by atoms with Crippen LogP contribution in [0.4, 0.5) is 5.13 Å². The molecular weight excluding hydrogens is 362 g/mol.